The molecule has 76 valence electrons. The predicted octanol–water partition coefficient (Wildman–Crippen LogP) is 0.821. The Morgan fingerprint density at radius 1 is 1.33 bits per heavy atom. The van der Waals surface area contributed by atoms with Crippen molar-refractivity contribution in [3.63, 3.8) is 0 Å². The SMILES string of the molecule is NC(=O)Cc1cc(=O)oc2ccccc12. The van der Waals surface area contributed by atoms with E-state index in [0.29, 0.717) is 11.1 Å². The smallest absolute Gasteiger partial charge is 0.336 e. The Labute approximate surface area is 85.3 Å². The lowest BCUT2D eigenvalue weighted by atomic mass is 10.1. The third-order valence-electron chi connectivity index (χ3n) is 2.10. The molecule has 0 radical (unpaired) electrons. The zero-order chi connectivity index (χ0) is 10.8. The Morgan fingerprint density at radius 2 is 2.07 bits per heavy atom. The van der Waals surface area contributed by atoms with Gasteiger partial charge in [0.25, 0.3) is 0 Å². The number of amides is 1. The van der Waals surface area contributed by atoms with Crippen LogP contribution in [0.15, 0.2) is 39.5 Å². The molecule has 4 nitrogen and oxygen atoms in total. The molecule has 1 aromatic carbocycles. The summed E-state index contributed by atoms with van der Waals surface area (Å²) in [5.74, 6) is -0.467. The van der Waals surface area contributed by atoms with Crippen molar-refractivity contribution in [2.75, 3.05) is 0 Å². The van der Waals surface area contributed by atoms with Gasteiger partial charge >= 0.3 is 5.63 Å². The molecule has 2 rings (SSSR count). The monoisotopic (exact) mass is 203 g/mol. The van der Waals surface area contributed by atoms with Gasteiger partial charge < -0.3 is 10.2 Å². The van der Waals surface area contributed by atoms with Crippen molar-refractivity contribution >= 4 is 16.9 Å². The number of para-hydroxylation sites is 1. The van der Waals surface area contributed by atoms with E-state index in [1.165, 1.54) is 6.07 Å². The maximum Gasteiger partial charge on any atom is 0.336 e. The van der Waals surface area contributed by atoms with Crippen LogP contribution < -0.4 is 11.4 Å². The summed E-state index contributed by atoms with van der Waals surface area (Å²) in [6.45, 7) is 0. The highest BCUT2D eigenvalue weighted by Crippen LogP contribution is 2.16. The summed E-state index contributed by atoms with van der Waals surface area (Å²) in [7, 11) is 0. The van der Waals surface area contributed by atoms with E-state index in [9.17, 15) is 9.59 Å². The Bertz CT molecular complexity index is 571. The third-order valence-corrected chi connectivity index (χ3v) is 2.10. The second kappa shape index (κ2) is 3.57. The summed E-state index contributed by atoms with van der Waals surface area (Å²) >= 11 is 0. The van der Waals surface area contributed by atoms with Crippen molar-refractivity contribution in [1.82, 2.24) is 0 Å². The van der Waals surface area contributed by atoms with Gasteiger partial charge in [-0.15, -0.1) is 0 Å². The fraction of sp³-hybridized carbons (Fsp3) is 0.0909. The van der Waals surface area contributed by atoms with Crippen molar-refractivity contribution in [3.05, 3.63) is 46.3 Å². The molecule has 0 atom stereocenters. The highest BCUT2D eigenvalue weighted by atomic mass is 16.4. The van der Waals surface area contributed by atoms with Gasteiger partial charge in [-0.3, -0.25) is 4.79 Å². The first kappa shape index (κ1) is 9.45. The zero-order valence-electron chi connectivity index (χ0n) is 7.90. The van der Waals surface area contributed by atoms with Gasteiger partial charge in [0.1, 0.15) is 5.58 Å². The van der Waals surface area contributed by atoms with Crippen LogP contribution in [0.25, 0.3) is 11.0 Å². The first-order valence-electron chi connectivity index (χ1n) is 4.47. The van der Waals surface area contributed by atoms with Crippen LogP contribution in [0.1, 0.15) is 5.56 Å². The average molecular weight is 203 g/mol. The van der Waals surface area contributed by atoms with Gasteiger partial charge in [0, 0.05) is 11.5 Å². The van der Waals surface area contributed by atoms with E-state index < -0.39 is 11.5 Å². The highest BCUT2D eigenvalue weighted by Gasteiger charge is 2.06. The van der Waals surface area contributed by atoms with E-state index in [0.717, 1.165) is 5.39 Å². The molecule has 0 aliphatic heterocycles. The van der Waals surface area contributed by atoms with Gasteiger partial charge in [0.2, 0.25) is 5.91 Å². The molecule has 0 aliphatic rings. The average Bonchev–Trinajstić information content (AvgIpc) is 2.16. The Balaban J connectivity index is 2.71. The van der Waals surface area contributed by atoms with Crippen LogP contribution in [-0.4, -0.2) is 5.91 Å². The fourth-order valence-corrected chi connectivity index (χ4v) is 1.51. The van der Waals surface area contributed by atoms with Gasteiger partial charge in [-0.1, -0.05) is 18.2 Å². The molecule has 0 saturated heterocycles. The molecule has 2 aromatic rings. The molecule has 1 amide bonds. The summed E-state index contributed by atoms with van der Waals surface area (Å²) in [5, 5.41) is 0.746. The number of benzene rings is 1. The molecule has 2 N–H and O–H groups in total. The van der Waals surface area contributed by atoms with Gasteiger partial charge in [0.15, 0.2) is 0 Å². The maximum atomic E-state index is 11.2. The van der Waals surface area contributed by atoms with Crippen molar-refractivity contribution in [3.8, 4) is 0 Å². The lowest BCUT2D eigenvalue weighted by Crippen LogP contribution is -2.15. The van der Waals surface area contributed by atoms with Gasteiger partial charge in [0.05, 0.1) is 6.42 Å². The van der Waals surface area contributed by atoms with Crippen molar-refractivity contribution in [2.45, 2.75) is 6.42 Å². The number of fused-ring (bicyclic) bond motifs is 1. The fourth-order valence-electron chi connectivity index (χ4n) is 1.51. The van der Waals surface area contributed by atoms with Crippen LogP contribution in [-0.2, 0) is 11.2 Å². The number of carbonyl (C=O) groups is 1. The Morgan fingerprint density at radius 3 is 2.80 bits per heavy atom. The molecule has 0 fully saturated rings. The molecule has 0 bridgehead atoms. The van der Waals surface area contributed by atoms with Crippen LogP contribution >= 0.6 is 0 Å². The summed E-state index contributed by atoms with van der Waals surface area (Å²) in [5.41, 5.74) is 5.71. The van der Waals surface area contributed by atoms with E-state index in [-0.39, 0.29) is 6.42 Å². The van der Waals surface area contributed by atoms with E-state index in [1.807, 2.05) is 6.07 Å². The van der Waals surface area contributed by atoms with Crippen LogP contribution in [0, 0.1) is 0 Å². The summed E-state index contributed by atoms with van der Waals surface area (Å²) in [4.78, 5) is 22.0. The second-order valence-corrected chi connectivity index (χ2v) is 3.23. The van der Waals surface area contributed by atoms with Crippen LogP contribution in [0.4, 0.5) is 0 Å². The molecule has 0 saturated carbocycles. The number of hydrogen-bond donors (Lipinski definition) is 1. The van der Waals surface area contributed by atoms with Crippen molar-refractivity contribution < 1.29 is 9.21 Å². The molecule has 0 aliphatic carbocycles. The summed E-state index contributed by atoms with van der Waals surface area (Å²) in [6.07, 6.45) is 0.0477. The minimum absolute atomic E-state index is 0.0477. The summed E-state index contributed by atoms with van der Waals surface area (Å²) in [6, 6.07) is 8.34. The quantitative estimate of drug-likeness (QED) is 0.734. The first-order valence-corrected chi connectivity index (χ1v) is 4.47. The van der Waals surface area contributed by atoms with Crippen molar-refractivity contribution in [2.24, 2.45) is 5.73 Å². The number of primary amides is 1. The number of rotatable bonds is 2. The third kappa shape index (κ3) is 1.88. The van der Waals surface area contributed by atoms with Crippen LogP contribution in [0.2, 0.25) is 0 Å². The second-order valence-electron chi connectivity index (χ2n) is 3.23. The van der Waals surface area contributed by atoms with Crippen molar-refractivity contribution in [1.29, 1.82) is 0 Å². The van der Waals surface area contributed by atoms with Gasteiger partial charge in [-0.2, -0.15) is 0 Å². The number of carbonyl (C=O) groups excluding carboxylic acids is 1. The normalized spacial score (nSPS) is 10.4. The van der Waals surface area contributed by atoms with Gasteiger partial charge in [-0.25, -0.2) is 4.79 Å². The topological polar surface area (TPSA) is 73.3 Å². The Hall–Kier alpha value is -2.10. The van der Waals surface area contributed by atoms with E-state index in [4.69, 9.17) is 10.2 Å². The van der Waals surface area contributed by atoms with Gasteiger partial charge in [-0.05, 0) is 11.6 Å². The first-order chi connectivity index (χ1) is 7.16. The minimum Gasteiger partial charge on any atom is -0.423 e. The Kier molecular flexibility index (Phi) is 2.25. The van der Waals surface area contributed by atoms with E-state index >= 15 is 0 Å². The molecule has 0 unspecified atom stereocenters. The van der Waals surface area contributed by atoms with Crippen LogP contribution in [0.3, 0.4) is 0 Å². The molecular weight excluding hydrogens is 194 g/mol. The predicted molar refractivity (Wildman–Crippen MR) is 55.4 cm³/mol. The molecule has 0 spiro atoms. The highest BCUT2D eigenvalue weighted by molar-refractivity contribution is 5.86. The maximum absolute atomic E-state index is 11.2. The molecule has 15 heavy (non-hydrogen) atoms. The molecule has 1 heterocycles. The minimum atomic E-state index is -0.468. The zero-order valence-corrected chi connectivity index (χ0v) is 7.90. The standard InChI is InChI=1S/C11H9NO3/c12-10(13)5-7-6-11(14)15-9-4-2-1-3-8(7)9/h1-4,6H,5H2,(H2,12,13). The summed E-state index contributed by atoms with van der Waals surface area (Å²) < 4.78 is 4.98. The van der Waals surface area contributed by atoms with Crippen LogP contribution in [0.5, 0.6) is 0 Å². The van der Waals surface area contributed by atoms with E-state index in [1.54, 1.807) is 18.2 Å². The lowest BCUT2D eigenvalue weighted by molar-refractivity contribution is -0.117. The largest absolute Gasteiger partial charge is 0.423 e. The lowest BCUT2D eigenvalue weighted by Gasteiger charge is -2.01. The molecule has 1 aromatic heterocycles. The molecular formula is C11H9NO3. The number of hydrogen-bond acceptors (Lipinski definition) is 3. The molecule has 4 heteroatoms. The van der Waals surface area contributed by atoms with E-state index in [2.05, 4.69) is 0 Å². The number of nitrogens with two attached hydrogens (primary N) is 1.